The van der Waals surface area contributed by atoms with Gasteiger partial charge in [-0.25, -0.2) is 9.78 Å². The lowest BCUT2D eigenvalue weighted by Gasteiger charge is -2.27. The first-order valence-electron chi connectivity index (χ1n) is 13.5. The smallest absolute Gasteiger partial charge is 0.350 e. The summed E-state index contributed by atoms with van der Waals surface area (Å²) in [5.74, 6) is 2.24. The van der Waals surface area contributed by atoms with E-state index in [1.807, 2.05) is 75.3 Å². The molecule has 218 valence electrons. The molecule has 1 aromatic heterocycles. The van der Waals surface area contributed by atoms with Crippen LogP contribution in [0.3, 0.4) is 0 Å². The van der Waals surface area contributed by atoms with Crippen molar-refractivity contribution in [3.8, 4) is 34.1 Å². The van der Waals surface area contributed by atoms with E-state index in [9.17, 15) is 4.79 Å². The molecule has 3 aromatic carbocycles. The zero-order chi connectivity index (χ0) is 28.7. The molecule has 1 atom stereocenters. The van der Waals surface area contributed by atoms with Crippen LogP contribution in [0.15, 0.2) is 83.3 Å². The number of oxazole rings is 1. The number of aromatic nitrogens is 1. The first-order chi connectivity index (χ1) is 19.1. The molecular formula is C33H39ClN2O5. The highest BCUT2D eigenvalue weighted by Crippen LogP contribution is 2.27. The molecular weight excluding hydrogens is 540 g/mol. The van der Waals surface area contributed by atoms with E-state index >= 15 is 0 Å². The quantitative estimate of drug-likeness (QED) is 0.167. The SMILES string of the molecule is Cc1oc(-c2ccc(-c3ccccc3)cc2)nc1CCOc1ccc(OC(C)(C)C(=O)OC(C)CN(C)C)cc1.Cl. The lowest BCUT2D eigenvalue weighted by atomic mass is 10.0. The zero-order valence-electron chi connectivity index (χ0n) is 24.5. The summed E-state index contributed by atoms with van der Waals surface area (Å²) in [6.45, 7) is 8.28. The van der Waals surface area contributed by atoms with Gasteiger partial charge in [-0.05, 0) is 89.3 Å². The van der Waals surface area contributed by atoms with Crippen LogP contribution in [0.5, 0.6) is 11.5 Å². The van der Waals surface area contributed by atoms with Gasteiger partial charge in [-0.3, -0.25) is 0 Å². The zero-order valence-corrected chi connectivity index (χ0v) is 25.4. The molecule has 0 aliphatic rings. The number of likely N-dealkylation sites (N-methyl/N-ethyl adjacent to an activating group) is 1. The molecule has 7 nitrogen and oxygen atoms in total. The van der Waals surface area contributed by atoms with Crippen molar-refractivity contribution in [1.82, 2.24) is 9.88 Å². The number of benzene rings is 3. The molecule has 0 aliphatic heterocycles. The van der Waals surface area contributed by atoms with Gasteiger partial charge in [0.1, 0.15) is 23.4 Å². The molecule has 8 heteroatoms. The third-order valence-corrected chi connectivity index (χ3v) is 6.36. The molecule has 4 aromatic rings. The van der Waals surface area contributed by atoms with Crippen LogP contribution >= 0.6 is 12.4 Å². The second-order valence-electron chi connectivity index (χ2n) is 10.6. The first kappa shape index (κ1) is 31.7. The molecule has 0 saturated carbocycles. The van der Waals surface area contributed by atoms with Crippen molar-refractivity contribution >= 4 is 18.4 Å². The fourth-order valence-electron chi connectivity index (χ4n) is 4.30. The van der Waals surface area contributed by atoms with Gasteiger partial charge in [0.05, 0.1) is 12.3 Å². The molecule has 0 bridgehead atoms. The second kappa shape index (κ2) is 14.2. The molecule has 1 unspecified atom stereocenters. The van der Waals surface area contributed by atoms with Gasteiger partial charge in [0.2, 0.25) is 5.89 Å². The Hall–Kier alpha value is -3.81. The van der Waals surface area contributed by atoms with Gasteiger partial charge in [-0.2, -0.15) is 0 Å². The van der Waals surface area contributed by atoms with Crippen LogP contribution in [0.25, 0.3) is 22.6 Å². The molecule has 0 amide bonds. The van der Waals surface area contributed by atoms with E-state index in [1.54, 1.807) is 26.0 Å². The third kappa shape index (κ3) is 8.84. The number of ether oxygens (including phenoxy) is 3. The Morgan fingerprint density at radius 1 is 0.902 bits per heavy atom. The number of nitrogens with zero attached hydrogens (tertiary/aromatic N) is 2. The number of carbonyl (C=O) groups excluding carboxylic acids is 1. The fourth-order valence-corrected chi connectivity index (χ4v) is 4.30. The normalized spacial score (nSPS) is 12.0. The van der Waals surface area contributed by atoms with Crippen molar-refractivity contribution < 1.29 is 23.4 Å². The minimum Gasteiger partial charge on any atom is -0.493 e. The number of hydrogen-bond acceptors (Lipinski definition) is 7. The molecule has 0 fully saturated rings. The van der Waals surface area contributed by atoms with E-state index in [-0.39, 0.29) is 18.5 Å². The molecule has 41 heavy (non-hydrogen) atoms. The lowest BCUT2D eigenvalue weighted by molar-refractivity contribution is -0.164. The Kier molecular flexibility index (Phi) is 11.0. The highest BCUT2D eigenvalue weighted by atomic mass is 35.5. The number of hydrogen-bond donors (Lipinski definition) is 0. The summed E-state index contributed by atoms with van der Waals surface area (Å²) >= 11 is 0. The third-order valence-electron chi connectivity index (χ3n) is 6.36. The van der Waals surface area contributed by atoms with Gasteiger partial charge in [0.25, 0.3) is 0 Å². The van der Waals surface area contributed by atoms with Crippen molar-refractivity contribution in [3.05, 3.63) is 90.3 Å². The van der Waals surface area contributed by atoms with Crippen molar-refractivity contribution in [1.29, 1.82) is 0 Å². The van der Waals surface area contributed by atoms with E-state index < -0.39 is 11.6 Å². The Balaban J connectivity index is 0.00000462. The number of aryl methyl sites for hydroxylation is 1. The van der Waals surface area contributed by atoms with Gasteiger partial charge < -0.3 is 23.5 Å². The largest absolute Gasteiger partial charge is 0.493 e. The van der Waals surface area contributed by atoms with Crippen LogP contribution in [0.4, 0.5) is 0 Å². The fraction of sp³-hybridized carbons (Fsp3) is 0.333. The summed E-state index contributed by atoms with van der Waals surface area (Å²) in [5, 5.41) is 0. The predicted octanol–water partition coefficient (Wildman–Crippen LogP) is 7.01. The summed E-state index contributed by atoms with van der Waals surface area (Å²) in [5.41, 5.74) is 3.00. The number of carbonyl (C=O) groups is 1. The van der Waals surface area contributed by atoms with Crippen molar-refractivity contribution in [3.63, 3.8) is 0 Å². The van der Waals surface area contributed by atoms with E-state index in [0.717, 1.165) is 22.6 Å². The van der Waals surface area contributed by atoms with Gasteiger partial charge in [-0.15, -0.1) is 12.4 Å². The minimum atomic E-state index is -1.12. The van der Waals surface area contributed by atoms with Crippen molar-refractivity contribution in [2.75, 3.05) is 27.2 Å². The van der Waals surface area contributed by atoms with Crippen LogP contribution in [-0.2, 0) is 16.0 Å². The van der Waals surface area contributed by atoms with E-state index in [1.165, 1.54) is 5.56 Å². The first-order valence-corrected chi connectivity index (χ1v) is 13.5. The molecule has 0 spiro atoms. The van der Waals surface area contributed by atoms with Crippen molar-refractivity contribution in [2.45, 2.75) is 45.8 Å². The average Bonchev–Trinajstić information content (AvgIpc) is 3.29. The summed E-state index contributed by atoms with van der Waals surface area (Å²) in [6.07, 6.45) is 0.380. The maximum absolute atomic E-state index is 12.6. The highest BCUT2D eigenvalue weighted by Gasteiger charge is 2.33. The molecule has 0 saturated heterocycles. The molecule has 0 aliphatic carbocycles. The highest BCUT2D eigenvalue weighted by molar-refractivity contribution is 5.85. The van der Waals surface area contributed by atoms with E-state index in [4.69, 9.17) is 23.6 Å². The van der Waals surface area contributed by atoms with Gasteiger partial charge in [0.15, 0.2) is 5.60 Å². The van der Waals surface area contributed by atoms with Crippen LogP contribution in [0, 0.1) is 6.92 Å². The summed E-state index contributed by atoms with van der Waals surface area (Å²) in [4.78, 5) is 19.3. The Morgan fingerprint density at radius 3 is 2.12 bits per heavy atom. The molecule has 0 N–H and O–H groups in total. The average molecular weight is 579 g/mol. The Labute approximate surface area is 248 Å². The lowest BCUT2D eigenvalue weighted by Crippen LogP contribution is -2.42. The van der Waals surface area contributed by atoms with Crippen molar-refractivity contribution in [2.24, 2.45) is 0 Å². The Bertz CT molecular complexity index is 1380. The maximum atomic E-state index is 12.6. The second-order valence-corrected chi connectivity index (χ2v) is 10.6. The number of esters is 1. The van der Waals surface area contributed by atoms with Gasteiger partial charge >= 0.3 is 5.97 Å². The van der Waals surface area contributed by atoms with Crippen LogP contribution in [0.2, 0.25) is 0 Å². The van der Waals surface area contributed by atoms with E-state index in [2.05, 4.69) is 24.3 Å². The topological polar surface area (TPSA) is 74.0 Å². The Morgan fingerprint density at radius 2 is 1.49 bits per heavy atom. The van der Waals surface area contributed by atoms with E-state index in [0.29, 0.717) is 37.0 Å². The molecule has 0 radical (unpaired) electrons. The summed E-state index contributed by atoms with van der Waals surface area (Å²) in [7, 11) is 3.87. The predicted molar refractivity (Wildman–Crippen MR) is 164 cm³/mol. The van der Waals surface area contributed by atoms with Crippen LogP contribution < -0.4 is 9.47 Å². The minimum absolute atomic E-state index is 0. The van der Waals surface area contributed by atoms with Gasteiger partial charge in [-0.1, -0.05) is 42.5 Å². The van der Waals surface area contributed by atoms with Crippen LogP contribution in [0.1, 0.15) is 32.2 Å². The monoisotopic (exact) mass is 578 g/mol. The summed E-state index contributed by atoms with van der Waals surface area (Å²) in [6, 6.07) is 25.7. The maximum Gasteiger partial charge on any atom is 0.350 e. The standard InChI is InChI=1S/C33H38N2O5.ClH/c1-23(22-35(5)6)38-32(36)33(3,4)40-29-18-16-28(17-19-29)37-21-20-30-24(2)39-31(34-30)27-14-12-26(13-15-27)25-10-8-7-9-11-25;/h7-19,23H,20-22H2,1-6H3;1H. The number of halogens is 1. The van der Waals surface area contributed by atoms with Crippen LogP contribution in [-0.4, -0.2) is 54.8 Å². The van der Waals surface area contributed by atoms with Gasteiger partial charge in [0, 0.05) is 18.5 Å². The summed E-state index contributed by atoms with van der Waals surface area (Å²) < 4.78 is 23.3. The molecule has 1 heterocycles. The molecule has 4 rings (SSSR count). The number of rotatable bonds is 12.